The Morgan fingerprint density at radius 1 is 1.00 bits per heavy atom. The number of nitrogens with zero attached hydrogens (tertiary/aromatic N) is 1. The quantitative estimate of drug-likeness (QED) is 0.489. The van der Waals surface area contributed by atoms with E-state index in [2.05, 4.69) is 55.8 Å². The van der Waals surface area contributed by atoms with Gasteiger partial charge in [-0.1, -0.05) is 12.1 Å². The van der Waals surface area contributed by atoms with E-state index in [4.69, 9.17) is 4.42 Å². The number of hydrogen-bond donors (Lipinski definition) is 0. The van der Waals surface area contributed by atoms with E-state index in [1.807, 2.05) is 6.92 Å². The van der Waals surface area contributed by atoms with Crippen molar-refractivity contribution in [2.75, 3.05) is 0 Å². The first-order valence-corrected chi connectivity index (χ1v) is 7.40. The minimum absolute atomic E-state index is 0.984. The molecule has 4 rings (SSSR count). The third-order valence-electron chi connectivity index (χ3n) is 4.75. The van der Waals surface area contributed by atoms with Crippen molar-refractivity contribution in [2.45, 2.75) is 27.2 Å². The zero-order valence-electron chi connectivity index (χ0n) is 12.9. The van der Waals surface area contributed by atoms with E-state index < -0.39 is 0 Å². The van der Waals surface area contributed by atoms with Gasteiger partial charge in [-0.05, 0) is 55.7 Å². The molecule has 106 valence electrons. The van der Waals surface area contributed by atoms with Gasteiger partial charge in [0.25, 0.3) is 0 Å². The Morgan fingerprint density at radius 2 is 1.81 bits per heavy atom. The SMILES string of the molecule is Cc1cc2c(o1)-c1ccc(-c3cc(C)c(C)n3C)cc1C2. The molecule has 1 aliphatic rings. The van der Waals surface area contributed by atoms with Gasteiger partial charge in [-0.2, -0.15) is 0 Å². The Kier molecular flexibility index (Phi) is 2.47. The molecule has 2 aromatic heterocycles. The molecule has 3 aromatic rings. The molecule has 1 aliphatic carbocycles. The summed E-state index contributed by atoms with van der Waals surface area (Å²) in [6, 6.07) is 11.2. The molecular weight excluding hydrogens is 258 g/mol. The van der Waals surface area contributed by atoms with Crippen LogP contribution in [0.5, 0.6) is 0 Å². The summed E-state index contributed by atoms with van der Waals surface area (Å²) in [6.07, 6.45) is 0.984. The van der Waals surface area contributed by atoms with E-state index in [0.29, 0.717) is 0 Å². The number of fused-ring (bicyclic) bond motifs is 3. The highest BCUT2D eigenvalue weighted by atomic mass is 16.3. The lowest BCUT2D eigenvalue weighted by Gasteiger charge is -2.08. The maximum Gasteiger partial charge on any atom is 0.138 e. The lowest BCUT2D eigenvalue weighted by atomic mass is 10.0. The molecule has 1 aromatic carbocycles. The van der Waals surface area contributed by atoms with Crippen LogP contribution in [0.15, 0.2) is 34.7 Å². The van der Waals surface area contributed by atoms with Crippen molar-refractivity contribution in [3.63, 3.8) is 0 Å². The second kappa shape index (κ2) is 4.14. The van der Waals surface area contributed by atoms with Crippen molar-refractivity contribution in [3.05, 3.63) is 58.5 Å². The summed E-state index contributed by atoms with van der Waals surface area (Å²) in [6.45, 7) is 6.36. The molecule has 21 heavy (non-hydrogen) atoms. The minimum Gasteiger partial charge on any atom is -0.461 e. The summed E-state index contributed by atoms with van der Waals surface area (Å²) in [5.74, 6) is 2.07. The molecule has 2 nitrogen and oxygen atoms in total. The first-order valence-electron chi connectivity index (χ1n) is 7.40. The normalized spacial score (nSPS) is 12.6. The fraction of sp³-hybridized carbons (Fsp3) is 0.263. The molecule has 0 saturated carbocycles. The van der Waals surface area contributed by atoms with Crippen LogP contribution < -0.4 is 0 Å². The smallest absolute Gasteiger partial charge is 0.138 e. The van der Waals surface area contributed by atoms with E-state index in [9.17, 15) is 0 Å². The minimum atomic E-state index is 0.984. The number of furan rings is 1. The van der Waals surface area contributed by atoms with E-state index in [-0.39, 0.29) is 0 Å². The van der Waals surface area contributed by atoms with E-state index in [0.717, 1.165) is 17.9 Å². The fourth-order valence-corrected chi connectivity index (χ4v) is 3.38. The first kappa shape index (κ1) is 12.5. The topological polar surface area (TPSA) is 18.1 Å². The van der Waals surface area contributed by atoms with Crippen molar-refractivity contribution in [1.82, 2.24) is 4.57 Å². The van der Waals surface area contributed by atoms with Gasteiger partial charge in [0.05, 0.1) is 0 Å². The van der Waals surface area contributed by atoms with Gasteiger partial charge >= 0.3 is 0 Å². The predicted molar refractivity (Wildman–Crippen MR) is 85.6 cm³/mol. The molecule has 0 atom stereocenters. The standard InChI is InChI=1S/C19H19NO/c1-11-7-18(20(4)13(11)3)14-5-6-17-15(9-14)10-16-8-12(2)21-19(16)17/h5-9H,10H2,1-4H3. The highest BCUT2D eigenvalue weighted by Crippen LogP contribution is 2.40. The van der Waals surface area contributed by atoms with Crippen molar-refractivity contribution in [2.24, 2.45) is 7.05 Å². The second-order valence-corrected chi connectivity index (χ2v) is 6.12. The van der Waals surface area contributed by atoms with E-state index in [1.54, 1.807) is 0 Å². The molecule has 0 bridgehead atoms. The van der Waals surface area contributed by atoms with Crippen molar-refractivity contribution < 1.29 is 4.42 Å². The maximum absolute atomic E-state index is 5.84. The van der Waals surface area contributed by atoms with Crippen LogP contribution >= 0.6 is 0 Å². The Bertz CT molecular complexity index is 864. The molecule has 0 amide bonds. The van der Waals surface area contributed by atoms with E-state index in [1.165, 1.54) is 39.2 Å². The number of aryl methyl sites for hydroxylation is 2. The first-order chi connectivity index (χ1) is 10.0. The molecule has 2 heterocycles. The van der Waals surface area contributed by atoms with Crippen LogP contribution in [0, 0.1) is 20.8 Å². The van der Waals surface area contributed by atoms with Gasteiger partial charge in [-0.25, -0.2) is 0 Å². The lowest BCUT2D eigenvalue weighted by molar-refractivity contribution is 0.548. The molecule has 2 heteroatoms. The summed E-state index contributed by atoms with van der Waals surface area (Å²) in [5, 5.41) is 0. The average molecular weight is 277 g/mol. The Hall–Kier alpha value is -2.22. The van der Waals surface area contributed by atoms with Crippen LogP contribution in [0.2, 0.25) is 0 Å². The molecular formula is C19H19NO. The van der Waals surface area contributed by atoms with Crippen LogP contribution in [-0.4, -0.2) is 4.57 Å². The molecule has 0 aliphatic heterocycles. The van der Waals surface area contributed by atoms with E-state index >= 15 is 0 Å². The largest absolute Gasteiger partial charge is 0.461 e. The molecule has 0 spiro atoms. The summed E-state index contributed by atoms with van der Waals surface area (Å²) in [7, 11) is 2.14. The van der Waals surface area contributed by atoms with Crippen LogP contribution in [-0.2, 0) is 13.5 Å². The second-order valence-electron chi connectivity index (χ2n) is 6.12. The molecule has 0 fully saturated rings. The van der Waals surface area contributed by atoms with Gasteiger partial charge < -0.3 is 8.98 Å². The number of rotatable bonds is 1. The van der Waals surface area contributed by atoms with Crippen molar-refractivity contribution >= 4 is 0 Å². The highest BCUT2D eigenvalue weighted by Gasteiger charge is 2.23. The molecule has 0 saturated heterocycles. The summed E-state index contributed by atoms with van der Waals surface area (Å²) < 4.78 is 8.11. The highest BCUT2D eigenvalue weighted by molar-refractivity contribution is 5.77. The molecule has 0 N–H and O–H groups in total. The van der Waals surface area contributed by atoms with Crippen LogP contribution in [0.25, 0.3) is 22.6 Å². The zero-order valence-corrected chi connectivity index (χ0v) is 12.9. The third-order valence-corrected chi connectivity index (χ3v) is 4.75. The van der Waals surface area contributed by atoms with Crippen molar-refractivity contribution in [1.29, 1.82) is 0 Å². The monoisotopic (exact) mass is 277 g/mol. The fourth-order valence-electron chi connectivity index (χ4n) is 3.38. The maximum atomic E-state index is 5.84. The van der Waals surface area contributed by atoms with Crippen LogP contribution in [0.4, 0.5) is 0 Å². The van der Waals surface area contributed by atoms with Crippen LogP contribution in [0.3, 0.4) is 0 Å². The number of hydrogen-bond acceptors (Lipinski definition) is 1. The van der Waals surface area contributed by atoms with Gasteiger partial charge in [-0.3, -0.25) is 0 Å². The summed E-state index contributed by atoms with van der Waals surface area (Å²) in [4.78, 5) is 0. The van der Waals surface area contributed by atoms with Gasteiger partial charge in [-0.15, -0.1) is 0 Å². The molecule has 0 unspecified atom stereocenters. The Balaban J connectivity index is 1.84. The lowest BCUT2D eigenvalue weighted by Crippen LogP contribution is -1.94. The van der Waals surface area contributed by atoms with Gasteiger partial charge in [0.1, 0.15) is 11.5 Å². The third kappa shape index (κ3) is 1.72. The predicted octanol–water partition coefficient (Wildman–Crippen LogP) is 4.78. The number of benzene rings is 1. The Labute approximate surface area is 125 Å². The summed E-state index contributed by atoms with van der Waals surface area (Å²) in [5.41, 5.74) is 9.19. The molecule has 0 radical (unpaired) electrons. The van der Waals surface area contributed by atoms with Gasteiger partial charge in [0, 0.05) is 36.0 Å². The van der Waals surface area contributed by atoms with Crippen molar-refractivity contribution in [3.8, 4) is 22.6 Å². The zero-order chi connectivity index (χ0) is 14.7. The van der Waals surface area contributed by atoms with Gasteiger partial charge in [0.2, 0.25) is 0 Å². The summed E-state index contributed by atoms with van der Waals surface area (Å²) >= 11 is 0. The van der Waals surface area contributed by atoms with Crippen LogP contribution in [0.1, 0.15) is 28.1 Å². The average Bonchev–Trinajstić information content (AvgIpc) is 3.04. The number of aromatic nitrogens is 1. The Morgan fingerprint density at radius 3 is 2.52 bits per heavy atom. The van der Waals surface area contributed by atoms with Gasteiger partial charge in [0.15, 0.2) is 0 Å².